The molecule has 33 heavy (non-hydrogen) atoms. The van der Waals surface area contributed by atoms with E-state index >= 15 is 0 Å². The fourth-order valence-corrected chi connectivity index (χ4v) is 5.07. The Kier molecular flexibility index (Phi) is 5.59. The van der Waals surface area contributed by atoms with E-state index in [4.69, 9.17) is 0 Å². The average molecular weight is 465 g/mol. The van der Waals surface area contributed by atoms with Crippen LogP contribution >= 0.6 is 0 Å². The Hall–Kier alpha value is -3.85. The lowest BCUT2D eigenvalue weighted by Crippen LogP contribution is -2.19. The molecular formula is C24H24N4O4S. The molecule has 3 aromatic carbocycles. The largest absolute Gasteiger partial charge is 0.328 e. The van der Waals surface area contributed by atoms with Crippen LogP contribution in [0.3, 0.4) is 0 Å². The molecule has 2 N–H and O–H groups in total. The molecule has 4 rings (SSSR count). The molecule has 4 aromatic rings. The average Bonchev–Trinajstić information content (AvgIpc) is 2.99. The molecule has 0 saturated heterocycles. The highest BCUT2D eigenvalue weighted by Crippen LogP contribution is 2.22. The van der Waals surface area contributed by atoms with E-state index in [1.165, 1.54) is 4.57 Å². The number of nitrogens with zero attached hydrogens (tertiary/aromatic N) is 2. The maximum Gasteiger partial charge on any atom is 0.328 e. The zero-order valence-corrected chi connectivity index (χ0v) is 19.5. The number of carbonyl (C=O) groups is 1. The monoisotopic (exact) mass is 464 g/mol. The third-order valence-electron chi connectivity index (χ3n) is 5.56. The van der Waals surface area contributed by atoms with Gasteiger partial charge in [0.1, 0.15) is 0 Å². The van der Waals surface area contributed by atoms with Gasteiger partial charge in [-0.25, -0.2) is 13.2 Å². The zero-order valence-electron chi connectivity index (χ0n) is 18.7. The number of amides is 1. The number of imidazole rings is 1. The summed E-state index contributed by atoms with van der Waals surface area (Å²) in [5.41, 5.74) is 4.09. The van der Waals surface area contributed by atoms with Crippen molar-refractivity contribution >= 4 is 38.3 Å². The van der Waals surface area contributed by atoms with Gasteiger partial charge >= 0.3 is 5.69 Å². The number of fused-ring (bicyclic) bond motifs is 1. The topological polar surface area (TPSA) is 102 Å². The molecule has 1 amide bonds. The molecule has 0 unspecified atom stereocenters. The predicted octanol–water partition coefficient (Wildman–Crippen LogP) is 3.55. The van der Waals surface area contributed by atoms with E-state index < -0.39 is 10.0 Å². The van der Waals surface area contributed by atoms with Gasteiger partial charge in [-0.05, 0) is 73.5 Å². The zero-order chi connectivity index (χ0) is 23.9. The van der Waals surface area contributed by atoms with Gasteiger partial charge < -0.3 is 5.32 Å². The molecule has 0 saturated carbocycles. The molecule has 0 aliphatic carbocycles. The minimum absolute atomic E-state index is 0.146. The molecule has 170 valence electrons. The van der Waals surface area contributed by atoms with E-state index in [2.05, 4.69) is 10.0 Å². The number of anilines is 2. The van der Waals surface area contributed by atoms with Crippen LogP contribution in [0.25, 0.3) is 11.0 Å². The number of sulfonamides is 1. The van der Waals surface area contributed by atoms with Crippen molar-refractivity contribution in [3.63, 3.8) is 0 Å². The second-order valence-corrected chi connectivity index (χ2v) is 9.66. The highest BCUT2D eigenvalue weighted by molar-refractivity contribution is 7.92. The van der Waals surface area contributed by atoms with Crippen LogP contribution in [-0.2, 0) is 24.1 Å². The van der Waals surface area contributed by atoms with E-state index in [0.29, 0.717) is 28.0 Å². The predicted molar refractivity (Wildman–Crippen MR) is 129 cm³/mol. The molecule has 0 atom stereocenters. The van der Waals surface area contributed by atoms with Gasteiger partial charge in [0.25, 0.3) is 15.9 Å². The summed E-state index contributed by atoms with van der Waals surface area (Å²) < 4.78 is 31.2. The molecule has 0 radical (unpaired) electrons. The highest BCUT2D eigenvalue weighted by Gasteiger charge is 2.17. The van der Waals surface area contributed by atoms with Gasteiger partial charge in [-0.2, -0.15) is 0 Å². The van der Waals surface area contributed by atoms with E-state index in [9.17, 15) is 18.0 Å². The molecule has 8 nitrogen and oxygen atoms in total. The summed E-state index contributed by atoms with van der Waals surface area (Å²) in [4.78, 5) is 25.0. The van der Waals surface area contributed by atoms with Crippen LogP contribution in [0, 0.1) is 13.8 Å². The molecule has 0 aliphatic rings. The lowest BCUT2D eigenvalue weighted by atomic mass is 10.2. The summed E-state index contributed by atoms with van der Waals surface area (Å²) >= 11 is 0. The number of nitrogens with one attached hydrogen (secondary N) is 2. The number of aryl methyl sites for hydroxylation is 4. The molecule has 0 aliphatic heterocycles. The van der Waals surface area contributed by atoms with E-state index in [1.807, 2.05) is 13.0 Å². The maximum atomic E-state index is 12.8. The Labute approximate surface area is 191 Å². The van der Waals surface area contributed by atoms with Gasteiger partial charge in [-0.1, -0.05) is 12.1 Å². The van der Waals surface area contributed by atoms with Crippen LogP contribution in [0.2, 0.25) is 0 Å². The Morgan fingerprint density at radius 2 is 1.45 bits per heavy atom. The van der Waals surface area contributed by atoms with Gasteiger partial charge in [0.2, 0.25) is 0 Å². The van der Waals surface area contributed by atoms with Crippen molar-refractivity contribution in [2.24, 2.45) is 14.1 Å². The van der Waals surface area contributed by atoms with E-state index in [0.717, 1.165) is 11.1 Å². The van der Waals surface area contributed by atoms with Crippen molar-refractivity contribution in [2.75, 3.05) is 10.0 Å². The smallest absolute Gasteiger partial charge is 0.322 e. The quantitative estimate of drug-likeness (QED) is 0.472. The first-order valence-electron chi connectivity index (χ1n) is 10.2. The summed E-state index contributed by atoms with van der Waals surface area (Å²) in [5.74, 6) is -0.348. The minimum atomic E-state index is -3.75. The number of carbonyl (C=O) groups excluding carboxylic acids is 1. The third kappa shape index (κ3) is 4.27. The van der Waals surface area contributed by atoms with Gasteiger partial charge in [0.05, 0.1) is 15.9 Å². The van der Waals surface area contributed by atoms with Crippen LogP contribution in [0.1, 0.15) is 21.5 Å². The fraction of sp³-hybridized carbons (Fsp3) is 0.167. The Morgan fingerprint density at radius 3 is 2.15 bits per heavy atom. The van der Waals surface area contributed by atoms with Crippen LogP contribution in [0.4, 0.5) is 11.4 Å². The summed E-state index contributed by atoms with van der Waals surface area (Å²) in [6.45, 7) is 3.58. The molecule has 1 aromatic heterocycles. The molecular weight excluding hydrogens is 440 g/mol. The van der Waals surface area contributed by atoms with Crippen molar-refractivity contribution in [1.29, 1.82) is 0 Å². The Morgan fingerprint density at radius 1 is 0.818 bits per heavy atom. The summed E-state index contributed by atoms with van der Waals surface area (Å²) in [6, 6.07) is 16.7. The third-order valence-corrected chi connectivity index (χ3v) is 7.09. The van der Waals surface area contributed by atoms with Crippen LogP contribution in [0.15, 0.2) is 70.4 Å². The first-order chi connectivity index (χ1) is 15.6. The van der Waals surface area contributed by atoms with E-state index in [1.54, 1.807) is 80.2 Å². The minimum Gasteiger partial charge on any atom is -0.322 e. The molecule has 0 fully saturated rings. The fourth-order valence-electron chi connectivity index (χ4n) is 3.68. The first-order valence-corrected chi connectivity index (χ1v) is 11.7. The molecule has 1 heterocycles. The second kappa shape index (κ2) is 8.25. The molecule has 0 spiro atoms. The number of hydrogen-bond acceptors (Lipinski definition) is 4. The molecule has 0 bridgehead atoms. The summed E-state index contributed by atoms with van der Waals surface area (Å²) in [6.07, 6.45) is 0. The van der Waals surface area contributed by atoms with Gasteiger partial charge in [0.15, 0.2) is 0 Å². The van der Waals surface area contributed by atoms with Crippen LogP contribution < -0.4 is 15.7 Å². The standard InChI is InChI=1S/C24H24N4O4S/c1-15-5-6-16(2)22(13-15)33(31,32)26-18-9-7-17(8-10-18)23(29)25-19-11-12-20-21(14-19)28(4)24(30)27(20)3/h5-14,26H,1-4H3,(H,25,29). The maximum absolute atomic E-state index is 12.8. The number of hydrogen-bond donors (Lipinski definition) is 2. The molecule has 9 heteroatoms. The van der Waals surface area contributed by atoms with E-state index in [-0.39, 0.29) is 16.5 Å². The number of aromatic nitrogens is 2. The lowest BCUT2D eigenvalue weighted by molar-refractivity contribution is 0.102. The van der Waals surface area contributed by atoms with Crippen molar-refractivity contribution in [3.8, 4) is 0 Å². The highest BCUT2D eigenvalue weighted by atomic mass is 32.2. The van der Waals surface area contributed by atoms with Gasteiger partial charge in [-0.3, -0.25) is 18.7 Å². The van der Waals surface area contributed by atoms with Crippen molar-refractivity contribution in [2.45, 2.75) is 18.7 Å². The van der Waals surface area contributed by atoms with Crippen molar-refractivity contribution < 1.29 is 13.2 Å². The number of rotatable bonds is 5. The first kappa shape index (κ1) is 22.3. The summed E-state index contributed by atoms with van der Waals surface area (Å²) in [5, 5.41) is 2.81. The summed E-state index contributed by atoms with van der Waals surface area (Å²) in [7, 11) is -0.387. The lowest BCUT2D eigenvalue weighted by Gasteiger charge is -2.12. The second-order valence-electron chi connectivity index (χ2n) is 8.01. The Balaban J connectivity index is 1.52. The van der Waals surface area contributed by atoms with Crippen LogP contribution in [-0.4, -0.2) is 23.5 Å². The van der Waals surface area contributed by atoms with Crippen LogP contribution in [0.5, 0.6) is 0 Å². The number of benzene rings is 3. The Bertz CT molecular complexity index is 1550. The van der Waals surface area contributed by atoms with Gasteiger partial charge in [-0.15, -0.1) is 0 Å². The SMILES string of the molecule is Cc1ccc(C)c(S(=O)(=O)Nc2ccc(C(=O)Nc3ccc4c(c3)n(C)c(=O)n4C)cc2)c1. The van der Waals surface area contributed by atoms with Crippen molar-refractivity contribution in [1.82, 2.24) is 9.13 Å². The van der Waals surface area contributed by atoms with Gasteiger partial charge in [0, 0.05) is 31.0 Å². The normalized spacial score (nSPS) is 11.5. The van der Waals surface area contributed by atoms with Crippen molar-refractivity contribution in [3.05, 3.63) is 87.8 Å².